The average Bonchev–Trinajstić information content (AvgIpc) is 3.71. The number of hydrogen-bond donors (Lipinski definition) is 1. The molecule has 3 heterocycles. The fourth-order valence-electron chi connectivity index (χ4n) is 7.83. The van der Waals surface area contributed by atoms with Crippen molar-refractivity contribution < 1.29 is 23.5 Å². The molecule has 1 aliphatic carbocycles. The number of fused-ring (bicyclic) bond motifs is 1. The van der Waals surface area contributed by atoms with E-state index in [1.54, 1.807) is 18.3 Å². The van der Waals surface area contributed by atoms with Crippen molar-refractivity contribution in [3.8, 4) is 0 Å². The zero-order chi connectivity index (χ0) is 35.6. The van der Waals surface area contributed by atoms with E-state index in [0.29, 0.717) is 40.0 Å². The molecule has 6 rings (SSSR count). The Bertz CT molecular complexity index is 1700. The summed E-state index contributed by atoms with van der Waals surface area (Å²) in [5.74, 6) is -0.254. The average molecular weight is 729 g/mol. The van der Waals surface area contributed by atoms with Crippen LogP contribution in [0.1, 0.15) is 61.9 Å². The molecule has 0 unspecified atom stereocenters. The molecule has 0 spiro atoms. The lowest BCUT2D eigenvalue weighted by molar-refractivity contribution is -0.133. The Morgan fingerprint density at radius 3 is 2.46 bits per heavy atom. The molecule has 1 N–H and O–H groups in total. The minimum atomic E-state index is -0.488. The number of alkyl halides is 1. The molecule has 12 heteroatoms. The van der Waals surface area contributed by atoms with Gasteiger partial charge in [0.25, 0.3) is 5.91 Å². The van der Waals surface area contributed by atoms with Gasteiger partial charge in [0.2, 0.25) is 5.91 Å². The second-order valence-corrected chi connectivity index (χ2v) is 15.6. The third-order valence-corrected chi connectivity index (χ3v) is 11.7. The zero-order valence-electron chi connectivity index (χ0n) is 29.2. The summed E-state index contributed by atoms with van der Waals surface area (Å²) in [6.45, 7) is 7.68. The number of piperazine rings is 1. The predicted octanol–water partition coefficient (Wildman–Crippen LogP) is 6.39. The molecule has 0 radical (unpaired) electrons. The van der Waals surface area contributed by atoms with E-state index < -0.39 is 12.2 Å². The molecule has 0 bridgehead atoms. The molecule has 2 aromatic carbocycles. The maximum absolute atomic E-state index is 14.0. The van der Waals surface area contributed by atoms with E-state index in [-0.39, 0.29) is 42.3 Å². The summed E-state index contributed by atoms with van der Waals surface area (Å²) >= 11 is 13.4. The van der Waals surface area contributed by atoms with Crippen LogP contribution in [0.25, 0.3) is 10.9 Å². The number of aryl methyl sites for hydroxylation is 1. The molecule has 3 fully saturated rings. The number of amides is 2. The fraction of sp³-hybridized carbons (Fsp3) is 0.553. The first kappa shape index (κ1) is 36.8. The van der Waals surface area contributed by atoms with Crippen LogP contribution in [0, 0.1) is 5.92 Å². The number of carbonyl (C=O) groups excluding carboxylic acids is 3. The van der Waals surface area contributed by atoms with Gasteiger partial charge < -0.3 is 24.3 Å². The van der Waals surface area contributed by atoms with Crippen LogP contribution < -0.4 is 5.32 Å². The highest BCUT2D eigenvalue weighted by molar-refractivity contribution is 6.36. The van der Waals surface area contributed by atoms with Gasteiger partial charge >= 0.3 is 0 Å². The molecule has 2 amide bonds. The lowest BCUT2D eigenvalue weighted by atomic mass is 9.88. The Hall–Kier alpha value is -3.02. The smallest absolute Gasteiger partial charge is 0.257 e. The molecule has 3 aliphatic rings. The van der Waals surface area contributed by atoms with Crippen LogP contribution in [-0.4, -0.2) is 107 Å². The van der Waals surface area contributed by atoms with Crippen molar-refractivity contribution in [2.45, 2.75) is 76.1 Å². The monoisotopic (exact) mass is 727 g/mol. The van der Waals surface area contributed by atoms with Crippen LogP contribution in [0.15, 0.2) is 42.6 Å². The molecule has 50 heavy (non-hydrogen) atoms. The van der Waals surface area contributed by atoms with E-state index in [9.17, 15) is 18.8 Å². The van der Waals surface area contributed by atoms with Crippen LogP contribution in [0.5, 0.6) is 0 Å². The minimum Gasteiger partial charge on any atom is -0.376 e. The van der Waals surface area contributed by atoms with Crippen LogP contribution >= 0.6 is 23.2 Å². The van der Waals surface area contributed by atoms with Gasteiger partial charge in [-0.1, -0.05) is 41.4 Å². The number of aldehydes is 1. The number of rotatable bonds is 11. The van der Waals surface area contributed by atoms with Crippen molar-refractivity contribution >= 4 is 57.9 Å². The minimum absolute atomic E-state index is 0.0578. The van der Waals surface area contributed by atoms with Crippen LogP contribution in [0.4, 0.5) is 10.1 Å². The predicted molar refractivity (Wildman–Crippen MR) is 196 cm³/mol. The molecule has 1 aromatic heterocycles. The number of halogens is 3. The molecule has 270 valence electrons. The van der Waals surface area contributed by atoms with Gasteiger partial charge in [0.1, 0.15) is 13.0 Å². The number of hydrogen-bond acceptors (Lipinski definition) is 6. The number of para-hydroxylation sites is 1. The van der Waals surface area contributed by atoms with Gasteiger partial charge in [-0.2, -0.15) is 0 Å². The van der Waals surface area contributed by atoms with E-state index >= 15 is 0 Å². The van der Waals surface area contributed by atoms with Crippen molar-refractivity contribution in [1.82, 2.24) is 19.3 Å². The maximum atomic E-state index is 14.0. The Kier molecular flexibility index (Phi) is 11.5. The van der Waals surface area contributed by atoms with Gasteiger partial charge in [0.05, 0.1) is 41.4 Å². The summed E-state index contributed by atoms with van der Waals surface area (Å²) in [6.07, 6.45) is 7.12. The van der Waals surface area contributed by atoms with E-state index in [1.807, 2.05) is 54.6 Å². The Morgan fingerprint density at radius 2 is 1.76 bits per heavy atom. The van der Waals surface area contributed by atoms with Crippen LogP contribution in [0.3, 0.4) is 0 Å². The van der Waals surface area contributed by atoms with Gasteiger partial charge in [-0.15, -0.1) is 0 Å². The summed E-state index contributed by atoms with van der Waals surface area (Å²) in [4.78, 5) is 45.1. The SMILES string of the molecule is Cn1cc(C(=O)Nc2cc(Cl)c(CC(=O)N3C[C@@H](N4CCN(C(C)(C)CF)CC4)C[C@H]3COC3CCC(C=O)CC3)cc2Cl)c2ccccc21. The van der Waals surface area contributed by atoms with Gasteiger partial charge in [-0.3, -0.25) is 19.4 Å². The topological polar surface area (TPSA) is 87.1 Å². The molecule has 2 atom stereocenters. The summed E-state index contributed by atoms with van der Waals surface area (Å²) in [5.41, 5.74) is 1.94. The highest BCUT2D eigenvalue weighted by Crippen LogP contribution is 2.33. The number of ether oxygens (including phenoxy) is 1. The molecule has 3 aromatic rings. The third kappa shape index (κ3) is 8.05. The van der Waals surface area contributed by atoms with Crippen molar-refractivity contribution in [2.75, 3.05) is 51.3 Å². The summed E-state index contributed by atoms with van der Waals surface area (Å²) < 4.78 is 22.0. The van der Waals surface area contributed by atoms with Gasteiger partial charge in [0, 0.05) is 79.4 Å². The molecular formula is C38H48Cl2FN5O4. The summed E-state index contributed by atoms with van der Waals surface area (Å²) in [6, 6.07) is 11.0. The number of anilines is 1. The van der Waals surface area contributed by atoms with Crippen molar-refractivity contribution in [2.24, 2.45) is 13.0 Å². The second-order valence-electron chi connectivity index (χ2n) is 14.8. The van der Waals surface area contributed by atoms with Gasteiger partial charge in [0.15, 0.2) is 0 Å². The first-order valence-corrected chi connectivity index (χ1v) is 18.5. The Labute approximate surface area is 304 Å². The molecular weight excluding hydrogens is 680 g/mol. The number of likely N-dealkylation sites (tertiary alicyclic amines) is 1. The molecule has 2 saturated heterocycles. The summed E-state index contributed by atoms with van der Waals surface area (Å²) in [7, 11) is 1.89. The van der Waals surface area contributed by atoms with E-state index in [2.05, 4.69) is 15.1 Å². The quantitative estimate of drug-likeness (QED) is 0.231. The largest absolute Gasteiger partial charge is 0.376 e. The maximum Gasteiger partial charge on any atom is 0.257 e. The van der Waals surface area contributed by atoms with E-state index in [1.165, 1.54) is 0 Å². The third-order valence-electron chi connectivity index (χ3n) is 11.0. The number of benzene rings is 2. The van der Waals surface area contributed by atoms with Crippen molar-refractivity contribution in [3.63, 3.8) is 0 Å². The normalized spacial score (nSPS) is 23.8. The number of nitrogens with zero attached hydrogens (tertiary/aromatic N) is 4. The Morgan fingerprint density at radius 1 is 1.04 bits per heavy atom. The lowest BCUT2D eigenvalue weighted by Gasteiger charge is -2.44. The zero-order valence-corrected chi connectivity index (χ0v) is 30.7. The Balaban J connectivity index is 1.13. The lowest BCUT2D eigenvalue weighted by Crippen LogP contribution is -2.57. The molecule has 1 saturated carbocycles. The van der Waals surface area contributed by atoms with Crippen molar-refractivity contribution in [3.05, 3.63) is 63.8 Å². The molecule has 2 aliphatic heterocycles. The standard InChI is InChI=1S/C38H48Cl2FN5O4/c1-38(2,24-41)45-14-12-44(13-15-45)27-18-28(23-50-29-10-8-25(22-47)9-11-29)46(20-27)36(48)17-26-16-33(40)34(19-32(26)39)42-37(49)31-21-43(3)35-7-5-4-6-30(31)35/h4-7,16,19,21-22,25,27-29H,8-15,17-18,20,23-24H2,1-3H3,(H,42,49)/t25?,27-,28-,29?/m0/s1. The number of nitrogens with one attached hydrogen (secondary N) is 1. The highest BCUT2D eigenvalue weighted by atomic mass is 35.5. The number of aromatic nitrogens is 1. The molecule has 9 nitrogen and oxygen atoms in total. The fourth-order valence-corrected chi connectivity index (χ4v) is 8.30. The summed E-state index contributed by atoms with van der Waals surface area (Å²) in [5, 5.41) is 4.37. The van der Waals surface area contributed by atoms with Crippen molar-refractivity contribution in [1.29, 1.82) is 0 Å². The first-order chi connectivity index (χ1) is 24.0. The second kappa shape index (κ2) is 15.7. The first-order valence-electron chi connectivity index (χ1n) is 17.7. The van der Waals surface area contributed by atoms with E-state index in [4.69, 9.17) is 27.9 Å². The number of carbonyl (C=O) groups is 3. The van der Waals surface area contributed by atoms with E-state index in [0.717, 1.165) is 75.5 Å². The van der Waals surface area contributed by atoms with Crippen LogP contribution in [-0.2, 0) is 27.8 Å². The van der Waals surface area contributed by atoms with Crippen LogP contribution in [0.2, 0.25) is 10.0 Å². The highest BCUT2D eigenvalue weighted by Gasteiger charge is 2.40. The van der Waals surface area contributed by atoms with Gasteiger partial charge in [-0.25, -0.2) is 4.39 Å². The van der Waals surface area contributed by atoms with Gasteiger partial charge in [-0.05, 0) is 69.7 Å².